The molecule has 146 valence electrons. The summed E-state index contributed by atoms with van der Waals surface area (Å²) in [7, 11) is 0. The van der Waals surface area contributed by atoms with Crippen LogP contribution in [0, 0.1) is 5.92 Å². The van der Waals surface area contributed by atoms with Crippen LogP contribution >= 0.6 is 34.8 Å². The molecule has 1 atom stereocenters. The van der Waals surface area contributed by atoms with E-state index in [1.807, 2.05) is 0 Å². The number of amides is 2. The second-order valence-corrected chi connectivity index (χ2v) is 7.36. The van der Waals surface area contributed by atoms with E-state index in [2.05, 4.69) is 5.32 Å². The van der Waals surface area contributed by atoms with Crippen LogP contribution in [-0.2, 0) is 19.1 Å². The molecule has 0 spiro atoms. The lowest BCUT2D eigenvalue weighted by Crippen LogP contribution is -2.28. The summed E-state index contributed by atoms with van der Waals surface area (Å²) in [6, 6.07) is 11.6. The lowest BCUT2D eigenvalue weighted by Gasteiger charge is -2.16. The molecule has 0 radical (unpaired) electrons. The molecule has 3 rings (SSSR count). The Morgan fingerprint density at radius 1 is 1.14 bits per heavy atom. The van der Waals surface area contributed by atoms with Crippen molar-refractivity contribution in [1.82, 2.24) is 0 Å². The van der Waals surface area contributed by atoms with Crippen LogP contribution in [0.2, 0.25) is 15.1 Å². The molecular weight excluding hydrogens is 427 g/mol. The predicted molar refractivity (Wildman–Crippen MR) is 108 cm³/mol. The summed E-state index contributed by atoms with van der Waals surface area (Å²) >= 11 is 17.8. The summed E-state index contributed by atoms with van der Waals surface area (Å²) in [5.74, 6) is -2.05. The number of ether oxygens (including phenoxy) is 1. The van der Waals surface area contributed by atoms with Gasteiger partial charge in [0.15, 0.2) is 6.61 Å². The first-order chi connectivity index (χ1) is 13.3. The number of nitrogens with one attached hydrogen (secondary N) is 1. The van der Waals surface area contributed by atoms with Gasteiger partial charge in [0.25, 0.3) is 5.91 Å². The quantitative estimate of drug-likeness (QED) is 0.706. The first-order valence-corrected chi connectivity index (χ1v) is 9.45. The van der Waals surface area contributed by atoms with E-state index >= 15 is 0 Å². The maximum absolute atomic E-state index is 12.3. The van der Waals surface area contributed by atoms with E-state index in [0.29, 0.717) is 21.4 Å². The number of rotatable bonds is 5. The van der Waals surface area contributed by atoms with Gasteiger partial charge in [0.2, 0.25) is 5.91 Å². The number of carbonyl (C=O) groups is 3. The summed E-state index contributed by atoms with van der Waals surface area (Å²) in [4.78, 5) is 38.0. The highest BCUT2D eigenvalue weighted by Crippen LogP contribution is 2.30. The average Bonchev–Trinajstić information content (AvgIpc) is 3.05. The normalized spacial score (nSPS) is 16.2. The first-order valence-electron chi connectivity index (χ1n) is 8.31. The fourth-order valence-corrected chi connectivity index (χ4v) is 3.33. The minimum absolute atomic E-state index is 0.00703. The fourth-order valence-electron chi connectivity index (χ4n) is 2.80. The van der Waals surface area contributed by atoms with Crippen molar-refractivity contribution in [3.63, 3.8) is 0 Å². The van der Waals surface area contributed by atoms with Gasteiger partial charge in [0.1, 0.15) is 0 Å². The molecule has 0 bridgehead atoms. The lowest BCUT2D eigenvalue weighted by atomic mass is 10.1. The Balaban J connectivity index is 1.54. The molecule has 1 aliphatic heterocycles. The van der Waals surface area contributed by atoms with Gasteiger partial charge in [-0.2, -0.15) is 0 Å². The predicted octanol–water partition coefficient (Wildman–Crippen LogP) is 4.18. The fraction of sp³-hybridized carbons (Fsp3) is 0.211. The third-order valence-electron chi connectivity index (χ3n) is 4.15. The topological polar surface area (TPSA) is 75.7 Å². The molecule has 0 aliphatic carbocycles. The molecule has 1 fully saturated rings. The summed E-state index contributed by atoms with van der Waals surface area (Å²) in [5, 5.41) is 3.51. The molecule has 1 N–H and O–H groups in total. The Morgan fingerprint density at radius 2 is 1.89 bits per heavy atom. The third kappa shape index (κ3) is 4.76. The molecule has 1 aliphatic rings. The Morgan fingerprint density at radius 3 is 2.64 bits per heavy atom. The van der Waals surface area contributed by atoms with E-state index in [1.165, 1.54) is 4.90 Å². The van der Waals surface area contributed by atoms with Crippen molar-refractivity contribution < 1.29 is 19.1 Å². The molecule has 6 nitrogen and oxygen atoms in total. The zero-order valence-corrected chi connectivity index (χ0v) is 16.7. The standard InChI is InChI=1S/C19H15Cl3N2O4/c20-12-3-1-4-13(8-12)24-9-11(7-17(24)26)19(27)28-10-16(25)23-15-6-2-5-14(21)18(15)22/h1-6,8,11H,7,9-10H2,(H,23,25)/t11-/m0/s1. The molecule has 28 heavy (non-hydrogen) atoms. The van der Waals surface area contributed by atoms with Crippen LogP contribution in [0.4, 0.5) is 11.4 Å². The van der Waals surface area contributed by atoms with E-state index < -0.39 is 24.4 Å². The van der Waals surface area contributed by atoms with Crippen molar-refractivity contribution in [3.8, 4) is 0 Å². The van der Waals surface area contributed by atoms with Crippen LogP contribution < -0.4 is 10.2 Å². The maximum atomic E-state index is 12.3. The molecule has 9 heteroatoms. The van der Waals surface area contributed by atoms with E-state index in [1.54, 1.807) is 42.5 Å². The molecule has 1 heterocycles. The first kappa shape index (κ1) is 20.5. The van der Waals surface area contributed by atoms with Crippen LogP contribution in [0.1, 0.15) is 6.42 Å². The highest BCUT2D eigenvalue weighted by Gasteiger charge is 2.36. The van der Waals surface area contributed by atoms with Gasteiger partial charge in [-0.3, -0.25) is 14.4 Å². The monoisotopic (exact) mass is 440 g/mol. The number of hydrogen-bond donors (Lipinski definition) is 1. The smallest absolute Gasteiger partial charge is 0.311 e. The van der Waals surface area contributed by atoms with Gasteiger partial charge in [0.05, 0.1) is 21.7 Å². The van der Waals surface area contributed by atoms with Crippen LogP contribution in [0.3, 0.4) is 0 Å². The van der Waals surface area contributed by atoms with E-state index in [0.717, 1.165) is 0 Å². The summed E-state index contributed by atoms with van der Waals surface area (Å²) < 4.78 is 5.05. The van der Waals surface area contributed by atoms with Gasteiger partial charge in [-0.1, -0.05) is 46.9 Å². The van der Waals surface area contributed by atoms with Gasteiger partial charge in [0, 0.05) is 23.7 Å². The highest BCUT2D eigenvalue weighted by atomic mass is 35.5. The van der Waals surface area contributed by atoms with E-state index in [-0.39, 0.29) is 23.9 Å². The molecule has 0 aromatic heterocycles. The van der Waals surface area contributed by atoms with E-state index in [4.69, 9.17) is 39.5 Å². The van der Waals surface area contributed by atoms with Crippen molar-refractivity contribution in [1.29, 1.82) is 0 Å². The van der Waals surface area contributed by atoms with Crippen molar-refractivity contribution in [2.75, 3.05) is 23.4 Å². The van der Waals surface area contributed by atoms with Crippen molar-refractivity contribution in [2.24, 2.45) is 5.92 Å². The van der Waals surface area contributed by atoms with Crippen LogP contribution in [-0.4, -0.2) is 30.9 Å². The largest absolute Gasteiger partial charge is 0.455 e. The number of anilines is 2. The molecule has 0 unspecified atom stereocenters. The second-order valence-electron chi connectivity index (χ2n) is 6.14. The van der Waals surface area contributed by atoms with Crippen LogP contribution in [0.15, 0.2) is 42.5 Å². The van der Waals surface area contributed by atoms with Crippen molar-refractivity contribution >= 4 is 64.0 Å². The van der Waals surface area contributed by atoms with E-state index in [9.17, 15) is 14.4 Å². The number of carbonyl (C=O) groups excluding carboxylic acids is 3. The molecule has 1 saturated heterocycles. The summed E-state index contributed by atoms with van der Waals surface area (Å²) in [6.45, 7) is -0.330. The lowest BCUT2D eigenvalue weighted by molar-refractivity contribution is -0.151. The minimum atomic E-state index is -0.658. The molecule has 2 amide bonds. The number of halogens is 3. The minimum Gasteiger partial charge on any atom is -0.455 e. The maximum Gasteiger partial charge on any atom is 0.311 e. The van der Waals surface area contributed by atoms with Crippen molar-refractivity contribution in [3.05, 3.63) is 57.5 Å². The van der Waals surface area contributed by atoms with Crippen LogP contribution in [0.25, 0.3) is 0 Å². The molecular formula is C19H15Cl3N2O4. The van der Waals surface area contributed by atoms with Crippen molar-refractivity contribution in [2.45, 2.75) is 6.42 Å². The summed E-state index contributed by atoms with van der Waals surface area (Å²) in [6.07, 6.45) is 0.00703. The van der Waals surface area contributed by atoms with Crippen LogP contribution in [0.5, 0.6) is 0 Å². The number of nitrogens with zero attached hydrogens (tertiary/aromatic N) is 1. The van der Waals surface area contributed by atoms with Gasteiger partial charge >= 0.3 is 5.97 Å². The molecule has 2 aromatic rings. The average molecular weight is 442 g/mol. The Labute approximate surface area is 176 Å². The van der Waals surface area contributed by atoms with Gasteiger partial charge < -0.3 is 15.0 Å². The third-order valence-corrected chi connectivity index (χ3v) is 5.20. The van der Waals surface area contributed by atoms with Gasteiger partial charge in [-0.25, -0.2) is 0 Å². The molecule has 0 saturated carbocycles. The Bertz CT molecular complexity index is 935. The highest BCUT2D eigenvalue weighted by molar-refractivity contribution is 6.44. The SMILES string of the molecule is O=C(COC(=O)[C@H]1CC(=O)N(c2cccc(Cl)c2)C1)Nc1cccc(Cl)c1Cl. The Hall–Kier alpha value is -2.28. The Kier molecular flexibility index (Phi) is 6.44. The second kappa shape index (κ2) is 8.82. The number of hydrogen-bond acceptors (Lipinski definition) is 4. The number of esters is 1. The number of benzene rings is 2. The van der Waals surface area contributed by atoms with Gasteiger partial charge in [-0.05, 0) is 30.3 Å². The van der Waals surface area contributed by atoms with Gasteiger partial charge in [-0.15, -0.1) is 0 Å². The zero-order valence-electron chi connectivity index (χ0n) is 14.5. The summed E-state index contributed by atoms with van der Waals surface area (Å²) in [5.41, 5.74) is 0.930. The molecule has 2 aromatic carbocycles. The zero-order chi connectivity index (χ0) is 20.3.